The van der Waals surface area contributed by atoms with E-state index in [1.54, 1.807) is 0 Å². The van der Waals surface area contributed by atoms with Crippen LogP contribution in [0.15, 0.2) is 30.4 Å². The molecule has 0 unspecified atom stereocenters. The quantitative estimate of drug-likeness (QED) is 0.758. The van der Waals surface area contributed by atoms with E-state index in [9.17, 15) is 0 Å². The molecule has 0 spiro atoms. The van der Waals surface area contributed by atoms with Crippen molar-refractivity contribution in [2.45, 2.75) is 13.3 Å². The maximum Gasteiger partial charge on any atom is 0.0517 e. The standard InChI is InChI=1S/C11H13NS/c1-2-9-6-7-11(13-9)10-5-3-4-8-12-10/h3-7,12H,2,8H2,1H3. The molecule has 1 nitrogen and oxygen atoms in total. The van der Waals surface area contributed by atoms with Gasteiger partial charge in [0, 0.05) is 11.4 Å². The Labute approximate surface area is 82.8 Å². The molecule has 1 aromatic rings. The third kappa shape index (κ3) is 1.83. The van der Waals surface area contributed by atoms with Crippen molar-refractivity contribution in [3.8, 4) is 0 Å². The molecule has 0 fully saturated rings. The van der Waals surface area contributed by atoms with Gasteiger partial charge in [0.1, 0.15) is 0 Å². The van der Waals surface area contributed by atoms with E-state index in [1.165, 1.54) is 15.5 Å². The lowest BCUT2D eigenvalue weighted by Crippen LogP contribution is -2.13. The average molecular weight is 191 g/mol. The first-order valence-electron chi connectivity index (χ1n) is 4.60. The third-order valence-electron chi connectivity index (χ3n) is 2.08. The van der Waals surface area contributed by atoms with Crippen molar-refractivity contribution < 1.29 is 0 Å². The number of hydrogen-bond acceptors (Lipinski definition) is 2. The number of hydrogen-bond donors (Lipinski definition) is 1. The highest BCUT2D eigenvalue weighted by Gasteiger charge is 2.04. The van der Waals surface area contributed by atoms with E-state index in [1.807, 2.05) is 11.3 Å². The molecule has 1 aliphatic heterocycles. The summed E-state index contributed by atoms with van der Waals surface area (Å²) in [5.74, 6) is 0. The van der Waals surface area contributed by atoms with Crippen molar-refractivity contribution in [2.75, 3.05) is 6.54 Å². The van der Waals surface area contributed by atoms with Gasteiger partial charge in [0.2, 0.25) is 0 Å². The van der Waals surface area contributed by atoms with Gasteiger partial charge in [-0.3, -0.25) is 0 Å². The Morgan fingerprint density at radius 2 is 2.38 bits per heavy atom. The summed E-state index contributed by atoms with van der Waals surface area (Å²) in [5, 5.41) is 3.36. The zero-order valence-corrected chi connectivity index (χ0v) is 8.53. The minimum atomic E-state index is 0.950. The smallest absolute Gasteiger partial charge is 0.0517 e. The molecule has 0 bridgehead atoms. The van der Waals surface area contributed by atoms with E-state index < -0.39 is 0 Å². The van der Waals surface area contributed by atoms with Crippen LogP contribution in [-0.2, 0) is 6.42 Å². The molecular formula is C11H13NS. The number of dihydropyridines is 1. The van der Waals surface area contributed by atoms with Crippen LogP contribution in [0.5, 0.6) is 0 Å². The molecule has 0 radical (unpaired) electrons. The van der Waals surface area contributed by atoms with E-state index in [0.29, 0.717) is 0 Å². The molecule has 1 aliphatic rings. The first-order chi connectivity index (χ1) is 6.40. The van der Waals surface area contributed by atoms with Crippen LogP contribution in [0, 0.1) is 0 Å². The Balaban J connectivity index is 2.24. The Morgan fingerprint density at radius 3 is 3.00 bits per heavy atom. The monoisotopic (exact) mass is 191 g/mol. The molecule has 0 saturated heterocycles. The highest BCUT2D eigenvalue weighted by Crippen LogP contribution is 2.23. The number of aryl methyl sites for hydroxylation is 1. The van der Waals surface area contributed by atoms with Gasteiger partial charge in [-0.25, -0.2) is 0 Å². The molecule has 0 atom stereocenters. The number of thiophene rings is 1. The summed E-state index contributed by atoms with van der Waals surface area (Å²) in [4.78, 5) is 2.80. The summed E-state index contributed by atoms with van der Waals surface area (Å²) in [6, 6.07) is 4.41. The molecule has 13 heavy (non-hydrogen) atoms. The summed E-state index contributed by atoms with van der Waals surface area (Å²) < 4.78 is 0. The SMILES string of the molecule is CCc1ccc(C2=CC=CCN2)s1. The van der Waals surface area contributed by atoms with Gasteiger partial charge in [-0.1, -0.05) is 19.1 Å². The first-order valence-corrected chi connectivity index (χ1v) is 5.41. The second-order valence-corrected chi connectivity index (χ2v) is 4.18. The topological polar surface area (TPSA) is 12.0 Å². The number of nitrogens with one attached hydrogen (secondary N) is 1. The highest BCUT2D eigenvalue weighted by molar-refractivity contribution is 7.13. The normalized spacial score (nSPS) is 15.3. The van der Waals surface area contributed by atoms with E-state index >= 15 is 0 Å². The van der Waals surface area contributed by atoms with Crippen LogP contribution in [-0.4, -0.2) is 6.54 Å². The second-order valence-electron chi connectivity index (χ2n) is 3.01. The van der Waals surface area contributed by atoms with Crippen LogP contribution in [0.1, 0.15) is 16.7 Å². The van der Waals surface area contributed by atoms with Gasteiger partial charge in [-0.2, -0.15) is 0 Å². The fraction of sp³-hybridized carbons (Fsp3) is 0.273. The molecule has 2 heteroatoms. The summed E-state index contributed by atoms with van der Waals surface area (Å²) >= 11 is 1.87. The van der Waals surface area contributed by atoms with E-state index in [-0.39, 0.29) is 0 Å². The molecule has 0 saturated carbocycles. The molecule has 2 heterocycles. The minimum absolute atomic E-state index is 0.950. The molecule has 0 aliphatic carbocycles. The van der Waals surface area contributed by atoms with E-state index in [4.69, 9.17) is 0 Å². The molecule has 68 valence electrons. The van der Waals surface area contributed by atoms with Gasteiger partial charge >= 0.3 is 0 Å². The molecular weight excluding hydrogens is 178 g/mol. The molecule has 1 aromatic heterocycles. The lowest BCUT2D eigenvalue weighted by Gasteiger charge is -2.09. The highest BCUT2D eigenvalue weighted by atomic mass is 32.1. The predicted molar refractivity (Wildman–Crippen MR) is 58.8 cm³/mol. The first kappa shape index (κ1) is 8.57. The molecule has 0 aromatic carbocycles. The third-order valence-corrected chi connectivity index (χ3v) is 3.35. The lowest BCUT2D eigenvalue weighted by atomic mass is 10.2. The molecule has 0 amide bonds. The van der Waals surface area contributed by atoms with Crippen LogP contribution in [0.3, 0.4) is 0 Å². The maximum atomic E-state index is 3.36. The summed E-state index contributed by atoms with van der Waals surface area (Å²) in [7, 11) is 0. The molecule has 1 N–H and O–H groups in total. The lowest BCUT2D eigenvalue weighted by molar-refractivity contribution is 1.00. The fourth-order valence-corrected chi connectivity index (χ4v) is 2.29. The van der Waals surface area contributed by atoms with Crippen LogP contribution < -0.4 is 5.32 Å². The Kier molecular flexibility index (Phi) is 2.50. The van der Waals surface area contributed by atoms with Gasteiger partial charge in [-0.05, 0) is 24.6 Å². The van der Waals surface area contributed by atoms with Gasteiger partial charge in [-0.15, -0.1) is 11.3 Å². The zero-order chi connectivity index (χ0) is 9.10. The summed E-state index contributed by atoms with van der Waals surface area (Å²) in [6.07, 6.45) is 7.50. The maximum absolute atomic E-state index is 3.36. The van der Waals surface area contributed by atoms with E-state index in [0.717, 1.165) is 13.0 Å². The predicted octanol–water partition coefficient (Wildman–Crippen LogP) is 2.81. The van der Waals surface area contributed by atoms with Crippen LogP contribution in [0.2, 0.25) is 0 Å². The van der Waals surface area contributed by atoms with Gasteiger partial charge in [0.15, 0.2) is 0 Å². The fourth-order valence-electron chi connectivity index (χ4n) is 1.34. The van der Waals surface area contributed by atoms with Crippen LogP contribution in [0.4, 0.5) is 0 Å². The van der Waals surface area contributed by atoms with Crippen molar-refractivity contribution in [3.63, 3.8) is 0 Å². The van der Waals surface area contributed by atoms with Crippen LogP contribution in [0.25, 0.3) is 5.70 Å². The average Bonchev–Trinajstić information content (AvgIpc) is 2.67. The van der Waals surface area contributed by atoms with Crippen molar-refractivity contribution in [3.05, 3.63) is 40.1 Å². The van der Waals surface area contributed by atoms with Crippen molar-refractivity contribution in [2.24, 2.45) is 0 Å². The van der Waals surface area contributed by atoms with Crippen molar-refractivity contribution in [1.82, 2.24) is 5.32 Å². The van der Waals surface area contributed by atoms with Gasteiger partial charge in [0.25, 0.3) is 0 Å². The zero-order valence-electron chi connectivity index (χ0n) is 7.71. The summed E-state index contributed by atoms with van der Waals surface area (Å²) in [6.45, 7) is 3.14. The van der Waals surface area contributed by atoms with Crippen molar-refractivity contribution >= 4 is 17.0 Å². The van der Waals surface area contributed by atoms with Crippen molar-refractivity contribution in [1.29, 1.82) is 0 Å². The van der Waals surface area contributed by atoms with Gasteiger partial charge in [0.05, 0.1) is 10.6 Å². The van der Waals surface area contributed by atoms with E-state index in [2.05, 4.69) is 42.6 Å². The minimum Gasteiger partial charge on any atom is -0.380 e. The molecule has 2 rings (SSSR count). The number of rotatable bonds is 2. The number of allylic oxidation sites excluding steroid dienone is 2. The Morgan fingerprint density at radius 1 is 1.46 bits per heavy atom. The Bertz CT molecular complexity index is 347. The van der Waals surface area contributed by atoms with Gasteiger partial charge < -0.3 is 5.32 Å². The Hall–Kier alpha value is -1.02. The largest absolute Gasteiger partial charge is 0.380 e. The summed E-state index contributed by atoms with van der Waals surface area (Å²) in [5.41, 5.74) is 1.26. The van der Waals surface area contributed by atoms with Crippen LogP contribution >= 0.6 is 11.3 Å². The second kappa shape index (κ2) is 3.79.